The molecule has 1 unspecified atom stereocenters. The monoisotopic (exact) mass is 302 g/mol. The number of esters is 1. The van der Waals surface area contributed by atoms with Gasteiger partial charge in [0.2, 0.25) is 10.0 Å². The van der Waals surface area contributed by atoms with Crippen LogP contribution in [0.25, 0.3) is 0 Å². The zero-order valence-electron chi connectivity index (χ0n) is 11.0. The highest BCUT2D eigenvalue weighted by Gasteiger charge is 2.40. The molecule has 0 amide bonds. The lowest BCUT2D eigenvalue weighted by Crippen LogP contribution is -2.41. The predicted molar refractivity (Wildman–Crippen MR) is 67.7 cm³/mol. The van der Waals surface area contributed by atoms with E-state index in [9.17, 15) is 17.6 Å². The number of hydrogen-bond acceptors (Lipinski definition) is 5. The lowest BCUT2D eigenvalue weighted by atomic mass is 10.2. The third-order valence-corrected chi connectivity index (χ3v) is 4.92. The van der Waals surface area contributed by atoms with Crippen molar-refractivity contribution in [2.45, 2.75) is 30.7 Å². The second kappa shape index (κ2) is 5.84. The Labute approximate surface area is 116 Å². The Hall–Kier alpha value is -1.54. The topological polar surface area (TPSA) is 76.6 Å². The van der Waals surface area contributed by atoms with E-state index in [1.807, 2.05) is 0 Å². The second-order valence-corrected chi connectivity index (χ2v) is 6.26. The fraction of sp³-hybridized carbons (Fsp3) is 0.500. The highest BCUT2D eigenvalue weighted by atomic mass is 32.2. The van der Waals surface area contributed by atoms with E-state index in [0.717, 1.165) is 22.8 Å². The molecule has 1 saturated heterocycles. The van der Waals surface area contributed by atoms with Crippen molar-refractivity contribution >= 4 is 16.0 Å². The van der Waals surface area contributed by atoms with Gasteiger partial charge in [-0.05, 0) is 25.8 Å². The average molecular weight is 302 g/mol. The summed E-state index contributed by atoms with van der Waals surface area (Å²) < 4.78 is 43.9. The fourth-order valence-electron chi connectivity index (χ4n) is 2.17. The maximum atomic E-state index is 13.1. The molecule has 110 valence electrons. The van der Waals surface area contributed by atoms with E-state index in [2.05, 4.69) is 4.98 Å². The van der Waals surface area contributed by atoms with E-state index >= 15 is 0 Å². The Bertz CT molecular complexity index is 605. The highest BCUT2D eigenvalue weighted by molar-refractivity contribution is 7.89. The number of carbonyl (C=O) groups excluding carboxylic acids is 1. The fourth-order valence-corrected chi connectivity index (χ4v) is 3.79. The zero-order valence-corrected chi connectivity index (χ0v) is 11.8. The molecule has 8 heteroatoms. The first-order valence-electron chi connectivity index (χ1n) is 6.26. The molecule has 0 aliphatic carbocycles. The van der Waals surface area contributed by atoms with Crippen molar-refractivity contribution in [1.29, 1.82) is 0 Å². The molecule has 1 aromatic rings. The number of rotatable bonds is 4. The van der Waals surface area contributed by atoms with Crippen LogP contribution in [0.2, 0.25) is 0 Å². The zero-order chi connectivity index (χ0) is 14.8. The SMILES string of the molecule is CCOC(=O)C1CCCN1S(=O)(=O)c1cncc(F)c1. The average Bonchev–Trinajstić information content (AvgIpc) is 2.89. The van der Waals surface area contributed by atoms with Crippen molar-refractivity contribution in [1.82, 2.24) is 9.29 Å². The highest BCUT2D eigenvalue weighted by Crippen LogP contribution is 2.26. The van der Waals surface area contributed by atoms with Gasteiger partial charge in [0, 0.05) is 12.7 Å². The molecule has 1 aromatic heterocycles. The Kier molecular flexibility index (Phi) is 4.34. The minimum atomic E-state index is -3.94. The van der Waals surface area contributed by atoms with Gasteiger partial charge in [-0.2, -0.15) is 4.31 Å². The summed E-state index contributed by atoms with van der Waals surface area (Å²) in [4.78, 5) is 15.1. The van der Waals surface area contributed by atoms with Crippen LogP contribution in [-0.2, 0) is 19.6 Å². The van der Waals surface area contributed by atoms with Gasteiger partial charge < -0.3 is 4.74 Å². The van der Waals surface area contributed by atoms with Crippen LogP contribution in [0.1, 0.15) is 19.8 Å². The van der Waals surface area contributed by atoms with Crippen LogP contribution in [0.4, 0.5) is 4.39 Å². The van der Waals surface area contributed by atoms with Gasteiger partial charge in [0.25, 0.3) is 0 Å². The normalized spacial score (nSPS) is 20.0. The van der Waals surface area contributed by atoms with Crippen molar-refractivity contribution in [2.24, 2.45) is 0 Å². The summed E-state index contributed by atoms with van der Waals surface area (Å²) in [7, 11) is -3.94. The first-order valence-corrected chi connectivity index (χ1v) is 7.70. The number of pyridine rings is 1. The summed E-state index contributed by atoms with van der Waals surface area (Å²) in [5.41, 5.74) is 0. The van der Waals surface area contributed by atoms with Crippen LogP contribution >= 0.6 is 0 Å². The number of sulfonamides is 1. The summed E-state index contributed by atoms with van der Waals surface area (Å²) in [5, 5.41) is 0. The molecule has 2 rings (SSSR count). The Morgan fingerprint density at radius 1 is 1.55 bits per heavy atom. The Morgan fingerprint density at radius 3 is 2.95 bits per heavy atom. The van der Waals surface area contributed by atoms with Crippen molar-refractivity contribution in [3.63, 3.8) is 0 Å². The molecule has 6 nitrogen and oxygen atoms in total. The maximum absolute atomic E-state index is 13.1. The van der Waals surface area contributed by atoms with Crippen molar-refractivity contribution in [3.05, 3.63) is 24.3 Å². The first-order chi connectivity index (χ1) is 9.46. The molecular weight excluding hydrogens is 287 g/mol. The molecule has 0 N–H and O–H groups in total. The van der Waals surface area contributed by atoms with Gasteiger partial charge in [0.05, 0.1) is 12.8 Å². The van der Waals surface area contributed by atoms with E-state index in [4.69, 9.17) is 4.74 Å². The molecule has 0 saturated carbocycles. The molecule has 2 heterocycles. The van der Waals surface area contributed by atoms with Crippen LogP contribution in [0, 0.1) is 5.82 Å². The molecule has 1 aliphatic heterocycles. The lowest BCUT2D eigenvalue weighted by molar-refractivity contribution is -0.146. The van der Waals surface area contributed by atoms with E-state index in [0.29, 0.717) is 12.8 Å². The summed E-state index contributed by atoms with van der Waals surface area (Å²) in [5.74, 6) is -1.31. The lowest BCUT2D eigenvalue weighted by Gasteiger charge is -2.22. The number of halogens is 1. The third kappa shape index (κ3) is 2.80. The van der Waals surface area contributed by atoms with Crippen molar-refractivity contribution in [2.75, 3.05) is 13.2 Å². The van der Waals surface area contributed by atoms with Gasteiger partial charge in [-0.1, -0.05) is 0 Å². The van der Waals surface area contributed by atoms with Crippen LogP contribution in [-0.4, -0.2) is 42.9 Å². The summed E-state index contributed by atoms with van der Waals surface area (Å²) in [6, 6.07) is 0.0475. The number of hydrogen-bond donors (Lipinski definition) is 0. The molecular formula is C12H15FN2O4S. The quantitative estimate of drug-likeness (QED) is 0.774. The predicted octanol–water partition coefficient (Wildman–Crippen LogP) is 0.937. The molecule has 1 atom stereocenters. The molecule has 0 aromatic carbocycles. The molecule has 0 spiro atoms. The largest absolute Gasteiger partial charge is 0.465 e. The summed E-state index contributed by atoms with van der Waals surface area (Å²) >= 11 is 0. The van der Waals surface area contributed by atoms with Gasteiger partial charge in [-0.25, -0.2) is 12.8 Å². The smallest absolute Gasteiger partial charge is 0.324 e. The van der Waals surface area contributed by atoms with E-state index in [-0.39, 0.29) is 18.0 Å². The first kappa shape index (κ1) is 14.9. The Balaban J connectivity index is 2.31. The standard InChI is InChI=1S/C12H15FN2O4S/c1-2-19-12(16)11-4-3-5-15(11)20(17,18)10-6-9(13)7-14-8-10/h6-8,11H,2-5H2,1H3. The molecule has 0 radical (unpaired) electrons. The van der Waals surface area contributed by atoms with E-state index < -0.39 is 27.9 Å². The summed E-state index contributed by atoms with van der Waals surface area (Å²) in [6.07, 6.45) is 2.96. The Morgan fingerprint density at radius 2 is 2.30 bits per heavy atom. The number of nitrogens with zero attached hydrogens (tertiary/aromatic N) is 2. The minimum absolute atomic E-state index is 0.185. The van der Waals surface area contributed by atoms with Gasteiger partial charge in [-0.15, -0.1) is 0 Å². The molecule has 0 bridgehead atoms. The van der Waals surface area contributed by atoms with Gasteiger partial charge in [0.1, 0.15) is 16.8 Å². The van der Waals surface area contributed by atoms with E-state index in [1.165, 1.54) is 0 Å². The van der Waals surface area contributed by atoms with Crippen molar-refractivity contribution < 1.29 is 22.3 Å². The number of aromatic nitrogens is 1. The van der Waals surface area contributed by atoms with Crippen LogP contribution in [0.5, 0.6) is 0 Å². The maximum Gasteiger partial charge on any atom is 0.324 e. The van der Waals surface area contributed by atoms with Crippen LogP contribution < -0.4 is 0 Å². The van der Waals surface area contributed by atoms with Gasteiger partial charge in [0.15, 0.2) is 0 Å². The van der Waals surface area contributed by atoms with Crippen LogP contribution in [0.3, 0.4) is 0 Å². The molecule has 20 heavy (non-hydrogen) atoms. The van der Waals surface area contributed by atoms with Crippen molar-refractivity contribution in [3.8, 4) is 0 Å². The van der Waals surface area contributed by atoms with Gasteiger partial charge >= 0.3 is 5.97 Å². The number of ether oxygens (including phenoxy) is 1. The van der Waals surface area contributed by atoms with E-state index in [1.54, 1.807) is 6.92 Å². The van der Waals surface area contributed by atoms with Gasteiger partial charge in [-0.3, -0.25) is 9.78 Å². The molecule has 1 aliphatic rings. The summed E-state index contributed by atoms with van der Waals surface area (Å²) in [6.45, 7) is 2.05. The van der Waals surface area contributed by atoms with Crippen LogP contribution in [0.15, 0.2) is 23.4 Å². The minimum Gasteiger partial charge on any atom is -0.465 e. The molecule has 1 fully saturated rings. The number of carbonyl (C=O) groups is 1. The second-order valence-electron chi connectivity index (χ2n) is 4.36. The third-order valence-electron chi connectivity index (χ3n) is 3.05.